The normalized spacial score (nSPS) is 17.4. The second-order valence-corrected chi connectivity index (χ2v) is 8.45. The number of hydrogen-bond donors (Lipinski definition) is 2. The van der Waals surface area contributed by atoms with Crippen molar-refractivity contribution in [2.45, 2.75) is 33.2 Å². The molecule has 1 fully saturated rings. The molecule has 0 radical (unpaired) electrons. The summed E-state index contributed by atoms with van der Waals surface area (Å²) in [7, 11) is 0. The number of aromatic nitrogens is 1. The zero-order valence-electron chi connectivity index (χ0n) is 16.9. The third kappa shape index (κ3) is 7.67. The van der Waals surface area contributed by atoms with Crippen LogP contribution >= 0.6 is 35.3 Å². The van der Waals surface area contributed by atoms with Crippen molar-refractivity contribution >= 4 is 41.3 Å². The van der Waals surface area contributed by atoms with Gasteiger partial charge in [-0.3, -0.25) is 0 Å². The molecule has 0 bridgehead atoms. The molecular weight excluding hydrogens is 481 g/mol. The molecule has 0 aliphatic carbocycles. The zero-order chi connectivity index (χ0) is 18.9. The predicted molar refractivity (Wildman–Crippen MR) is 130 cm³/mol. The Kier molecular flexibility index (Phi) is 10.2. The van der Waals surface area contributed by atoms with Gasteiger partial charge in [0.25, 0.3) is 0 Å². The Morgan fingerprint density at radius 2 is 2.11 bits per heavy atom. The van der Waals surface area contributed by atoms with Crippen LogP contribution in [0.5, 0.6) is 0 Å². The average Bonchev–Trinajstić information content (AvgIpc) is 3.32. The van der Waals surface area contributed by atoms with Gasteiger partial charge in [0.05, 0.1) is 6.54 Å². The molecule has 3 rings (SSSR count). The van der Waals surface area contributed by atoms with Crippen LogP contribution in [0.4, 0.5) is 0 Å². The number of hydrogen-bond acceptors (Lipinski definition) is 4. The van der Waals surface area contributed by atoms with Gasteiger partial charge in [0.1, 0.15) is 5.01 Å². The third-order valence-electron chi connectivity index (χ3n) is 4.87. The number of rotatable bonds is 8. The van der Waals surface area contributed by atoms with Crippen LogP contribution in [0.15, 0.2) is 41.5 Å². The molecule has 28 heavy (non-hydrogen) atoms. The van der Waals surface area contributed by atoms with Gasteiger partial charge in [-0.25, -0.2) is 9.98 Å². The molecule has 0 amide bonds. The topological polar surface area (TPSA) is 52.6 Å². The number of nitrogens with zero attached hydrogens (tertiary/aromatic N) is 3. The van der Waals surface area contributed by atoms with Gasteiger partial charge in [-0.2, -0.15) is 0 Å². The molecule has 2 N–H and O–H groups in total. The van der Waals surface area contributed by atoms with Crippen molar-refractivity contribution in [1.29, 1.82) is 0 Å². The van der Waals surface area contributed by atoms with E-state index < -0.39 is 0 Å². The summed E-state index contributed by atoms with van der Waals surface area (Å²) in [5, 5.41) is 7.93. The number of aliphatic imine (C=N–C) groups is 1. The monoisotopic (exact) mass is 513 g/mol. The Hall–Kier alpha value is -1.19. The lowest BCUT2D eigenvalue weighted by atomic mass is 10.1. The minimum absolute atomic E-state index is 0. The van der Waals surface area contributed by atoms with E-state index in [0.29, 0.717) is 12.5 Å². The van der Waals surface area contributed by atoms with E-state index in [4.69, 9.17) is 0 Å². The summed E-state index contributed by atoms with van der Waals surface area (Å²) in [5.41, 5.74) is 1.43. The molecule has 7 heteroatoms. The minimum atomic E-state index is 0. The molecule has 0 saturated carbocycles. The number of guanidine groups is 1. The number of aryl methyl sites for hydroxylation is 1. The first-order valence-corrected chi connectivity index (χ1v) is 10.7. The predicted octanol–water partition coefficient (Wildman–Crippen LogP) is 3.69. The van der Waals surface area contributed by atoms with Crippen molar-refractivity contribution in [3.63, 3.8) is 0 Å². The Morgan fingerprint density at radius 3 is 2.82 bits per heavy atom. The van der Waals surface area contributed by atoms with E-state index in [1.807, 2.05) is 6.20 Å². The van der Waals surface area contributed by atoms with Crippen LogP contribution in [0, 0.1) is 12.8 Å². The number of benzene rings is 1. The summed E-state index contributed by atoms with van der Waals surface area (Å²) in [4.78, 5) is 12.9. The summed E-state index contributed by atoms with van der Waals surface area (Å²) >= 11 is 1.71. The molecule has 154 valence electrons. The first kappa shape index (κ1) is 23.1. The van der Waals surface area contributed by atoms with Crippen LogP contribution < -0.4 is 10.6 Å². The van der Waals surface area contributed by atoms with Gasteiger partial charge in [-0.1, -0.05) is 30.3 Å². The number of nitrogens with one attached hydrogen (secondary N) is 2. The van der Waals surface area contributed by atoms with E-state index in [0.717, 1.165) is 37.0 Å². The van der Waals surface area contributed by atoms with Crippen molar-refractivity contribution in [2.24, 2.45) is 10.9 Å². The molecule has 5 nitrogen and oxygen atoms in total. The van der Waals surface area contributed by atoms with Gasteiger partial charge in [0.2, 0.25) is 0 Å². The summed E-state index contributed by atoms with van der Waals surface area (Å²) in [6, 6.07) is 10.8. The Balaban J connectivity index is 0.00000280. The largest absolute Gasteiger partial charge is 0.357 e. The van der Waals surface area contributed by atoms with Crippen molar-refractivity contribution in [3.05, 3.63) is 52.0 Å². The van der Waals surface area contributed by atoms with E-state index in [1.165, 1.54) is 30.0 Å². The number of halogens is 1. The smallest absolute Gasteiger partial charge is 0.191 e. The number of likely N-dealkylation sites (tertiary alicyclic amines) is 1. The van der Waals surface area contributed by atoms with Crippen LogP contribution in [0.25, 0.3) is 0 Å². The fraction of sp³-hybridized carbons (Fsp3) is 0.524. The molecule has 0 spiro atoms. The molecule has 1 saturated heterocycles. The molecule has 1 aliphatic heterocycles. The van der Waals surface area contributed by atoms with Crippen molar-refractivity contribution in [3.8, 4) is 0 Å². The van der Waals surface area contributed by atoms with Crippen LogP contribution in [-0.4, -0.2) is 48.6 Å². The van der Waals surface area contributed by atoms with E-state index in [2.05, 4.69) is 69.7 Å². The fourth-order valence-electron chi connectivity index (χ4n) is 3.42. The number of thiazole rings is 1. The second kappa shape index (κ2) is 12.4. The first-order chi connectivity index (χ1) is 13.2. The van der Waals surface area contributed by atoms with Crippen LogP contribution in [-0.2, 0) is 13.0 Å². The van der Waals surface area contributed by atoms with Gasteiger partial charge in [-0.05, 0) is 44.7 Å². The Morgan fingerprint density at radius 1 is 1.29 bits per heavy atom. The Labute approximate surface area is 190 Å². The molecule has 1 aromatic heterocycles. The van der Waals surface area contributed by atoms with E-state index in [-0.39, 0.29) is 24.0 Å². The van der Waals surface area contributed by atoms with Gasteiger partial charge in [0.15, 0.2) is 5.96 Å². The maximum absolute atomic E-state index is 4.68. The van der Waals surface area contributed by atoms with Crippen LogP contribution in [0.2, 0.25) is 0 Å². The third-order valence-corrected chi connectivity index (χ3v) is 5.77. The lowest BCUT2D eigenvalue weighted by molar-refractivity contribution is 0.328. The standard InChI is InChI=1S/C21H31N5S.HI/c1-3-22-21(25-15-20-23-13-17(2)27-20)24-14-19-10-12-26(16-19)11-9-18-7-5-4-6-8-18;/h4-8,13,19H,3,9-12,14-16H2,1-2H3,(H2,22,24,25);1H. The summed E-state index contributed by atoms with van der Waals surface area (Å²) < 4.78 is 0. The lowest BCUT2D eigenvalue weighted by Gasteiger charge is -2.17. The van der Waals surface area contributed by atoms with Gasteiger partial charge < -0.3 is 15.5 Å². The van der Waals surface area contributed by atoms with E-state index in [9.17, 15) is 0 Å². The highest BCUT2D eigenvalue weighted by atomic mass is 127. The fourth-order valence-corrected chi connectivity index (χ4v) is 4.13. The van der Waals surface area contributed by atoms with E-state index in [1.54, 1.807) is 11.3 Å². The first-order valence-electron chi connectivity index (χ1n) is 9.92. The lowest BCUT2D eigenvalue weighted by Crippen LogP contribution is -2.40. The van der Waals surface area contributed by atoms with Crippen molar-refractivity contribution < 1.29 is 0 Å². The molecule has 1 atom stereocenters. The quantitative estimate of drug-likeness (QED) is 0.321. The molecular formula is C21H32IN5S. The summed E-state index contributed by atoms with van der Waals surface area (Å²) in [6.45, 7) is 10.2. The van der Waals surface area contributed by atoms with Gasteiger partial charge >= 0.3 is 0 Å². The van der Waals surface area contributed by atoms with Crippen LogP contribution in [0.1, 0.15) is 28.8 Å². The highest BCUT2D eigenvalue weighted by molar-refractivity contribution is 14.0. The van der Waals surface area contributed by atoms with Crippen LogP contribution in [0.3, 0.4) is 0 Å². The molecule has 1 unspecified atom stereocenters. The maximum atomic E-state index is 4.68. The van der Waals surface area contributed by atoms with Gasteiger partial charge in [0, 0.05) is 37.3 Å². The highest BCUT2D eigenvalue weighted by Crippen LogP contribution is 2.16. The Bertz CT molecular complexity index is 719. The van der Waals surface area contributed by atoms with E-state index >= 15 is 0 Å². The maximum Gasteiger partial charge on any atom is 0.191 e. The van der Waals surface area contributed by atoms with Crippen molar-refractivity contribution in [1.82, 2.24) is 20.5 Å². The molecule has 1 aromatic carbocycles. The minimum Gasteiger partial charge on any atom is -0.357 e. The van der Waals surface area contributed by atoms with Crippen molar-refractivity contribution in [2.75, 3.05) is 32.7 Å². The second-order valence-electron chi connectivity index (χ2n) is 7.13. The molecule has 2 aromatic rings. The molecule has 1 aliphatic rings. The van der Waals surface area contributed by atoms with Gasteiger partial charge in [-0.15, -0.1) is 35.3 Å². The zero-order valence-corrected chi connectivity index (χ0v) is 20.0. The SMILES string of the molecule is CCNC(=NCc1ncc(C)s1)NCC1CCN(CCc2ccccc2)C1.I. The summed E-state index contributed by atoms with van der Waals surface area (Å²) in [5.74, 6) is 1.58. The highest BCUT2D eigenvalue weighted by Gasteiger charge is 2.22. The molecule has 2 heterocycles. The average molecular weight is 513 g/mol. The summed E-state index contributed by atoms with van der Waals surface area (Å²) in [6.07, 6.45) is 4.31.